The van der Waals surface area contributed by atoms with E-state index in [2.05, 4.69) is 16.0 Å². The summed E-state index contributed by atoms with van der Waals surface area (Å²) < 4.78 is 0. The first-order valence-electron chi connectivity index (χ1n) is 14.2. The highest BCUT2D eigenvalue weighted by Crippen LogP contribution is 1.97. The molecule has 0 fully saturated rings. The van der Waals surface area contributed by atoms with Crippen molar-refractivity contribution in [3.8, 4) is 0 Å². The fourth-order valence-electron chi connectivity index (χ4n) is 2.64. The Bertz CT molecular complexity index is 806. The van der Waals surface area contributed by atoms with Gasteiger partial charge in [0.25, 0.3) is 0 Å². The Hall–Kier alpha value is -4.51. The van der Waals surface area contributed by atoms with Crippen molar-refractivity contribution in [2.45, 2.75) is 82.0 Å². The molecule has 0 aromatic rings. The van der Waals surface area contributed by atoms with Crippen LogP contribution in [0.1, 0.15) is 57.8 Å². The van der Waals surface area contributed by atoms with Gasteiger partial charge in [0.2, 0.25) is 0 Å². The van der Waals surface area contributed by atoms with Crippen molar-refractivity contribution in [1.29, 1.82) is 16.2 Å². The average molecular weight is 669 g/mol. The summed E-state index contributed by atoms with van der Waals surface area (Å²) >= 11 is 0. The van der Waals surface area contributed by atoms with Gasteiger partial charge in [-0.25, -0.2) is 0 Å². The van der Waals surface area contributed by atoms with Crippen molar-refractivity contribution in [2.75, 3.05) is 26.2 Å². The average Bonchev–Trinajstić information content (AvgIpc) is 2.95. The number of guanidine groups is 3. The molecular formula is C24H56N14O8. The van der Waals surface area contributed by atoms with Gasteiger partial charge in [0, 0.05) is 19.6 Å². The first kappa shape index (κ1) is 48.4. The van der Waals surface area contributed by atoms with Crippen LogP contribution in [-0.2, 0) is 19.2 Å². The highest BCUT2D eigenvalue weighted by molar-refractivity contribution is 5.75. The molecule has 4 atom stereocenters. The zero-order valence-electron chi connectivity index (χ0n) is 26.0. The van der Waals surface area contributed by atoms with Crippen LogP contribution in [-0.4, -0.2) is 113 Å². The highest BCUT2D eigenvalue weighted by atomic mass is 16.4. The molecular weight excluding hydrogens is 612 g/mol. The van der Waals surface area contributed by atoms with E-state index in [-0.39, 0.29) is 17.9 Å². The lowest BCUT2D eigenvalue weighted by molar-refractivity contribution is -0.139. The molecule has 0 rings (SSSR count). The van der Waals surface area contributed by atoms with Gasteiger partial charge in [-0.05, 0) is 57.9 Å². The first-order chi connectivity index (χ1) is 21.3. The zero-order valence-corrected chi connectivity index (χ0v) is 26.0. The van der Waals surface area contributed by atoms with Gasteiger partial charge in [0.05, 0.1) is 0 Å². The molecule has 46 heavy (non-hydrogen) atoms. The summed E-state index contributed by atoms with van der Waals surface area (Å²) in [5.41, 5.74) is 41.1. The number of aliphatic carboxylic acids is 4. The van der Waals surface area contributed by atoms with Crippen molar-refractivity contribution in [2.24, 2.45) is 45.9 Å². The number of nitrogens with one attached hydrogen (secondary N) is 6. The highest BCUT2D eigenvalue weighted by Gasteiger charge is 2.11. The summed E-state index contributed by atoms with van der Waals surface area (Å²) in [7, 11) is 0. The molecule has 0 saturated carbocycles. The SMILES string of the molecule is N=C(N)NCCC[C@H](N)C(=O)O.N=C(N)NCCC[C@H](N)C(=O)O.N=C(N)NCCC[C@H](N)C(=O)O.NCCCC[C@H](N)C(=O)O. The lowest BCUT2D eigenvalue weighted by Crippen LogP contribution is -2.34. The van der Waals surface area contributed by atoms with E-state index in [9.17, 15) is 19.2 Å². The van der Waals surface area contributed by atoms with E-state index in [1.165, 1.54) is 0 Å². The predicted octanol–water partition coefficient (Wildman–Crippen LogP) is -4.49. The number of nitrogens with two attached hydrogens (primary N) is 8. The molecule has 0 radical (unpaired) electrons. The van der Waals surface area contributed by atoms with Crippen LogP contribution in [0.15, 0.2) is 0 Å². The van der Waals surface area contributed by atoms with Gasteiger partial charge < -0.3 is 82.2 Å². The molecule has 0 aliphatic carbocycles. The Morgan fingerprint density at radius 1 is 0.478 bits per heavy atom. The normalized spacial score (nSPS) is 12.3. The van der Waals surface area contributed by atoms with E-state index >= 15 is 0 Å². The third-order valence-electron chi connectivity index (χ3n) is 5.26. The number of unbranched alkanes of at least 4 members (excludes halogenated alkanes) is 1. The largest absolute Gasteiger partial charge is 0.480 e. The van der Waals surface area contributed by atoms with E-state index in [4.69, 9.17) is 82.5 Å². The van der Waals surface area contributed by atoms with Crippen LogP contribution < -0.4 is 61.8 Å². The quantitative estimate of drug-likeness (QED) is 0.0330. The maximum atomic E-state index is 10.2. The molecule has 0 aliphatic heterocycles. The third-order valence-corrected chi connectivity index (χ3v) is 5.26. The standard InChI is InChI=1S/3C6H14N4O2.C6H14N2O2/c3*7-4(5(11)12)2-1-3-10-6(8)9;7-4-2-1-3-5(8)6(9)10/h3*4H,1-3,7H2,(H,11,12)(H4,8,9,10);5H,1-4,7-8H2,(H,9,10)/t3*4-;5-/m0000/s1. The summed E-state index contributed by atoms with van der Waals surface area (Å²) in [6.45, 7) is 2.05. The first-order valence-corrected chi connectivity index (χ1v) is 14.2. The van der Waals surface area contributed by atoms with E-state index in [1.807, 2.05) is 0 Å². The summed E-state index contributed by atoms with van der Waals surface area (Å²) in [4.78, 5) is 40.8. The number of hydrogen-bond acceptors (Lipinski definition) is 12. The Labute approximate surface area is 267 Å². The van der Waals surface area contributed by atoms with Gasteiger partial charge >= 0.3 is 23.9 Å². The number of carboxylic acids is 4. The second-order valence-corrected chi connectivity index (χ2v) is 9.51. The van der Waals surface area contributed by atoms with Crippen molar-refractivity contribution >= 4 is 41.8 Å². The number of carboxylic acid groups (broad SMARTS) is 4. The van der Waals surface area contributed by atoms with Crippen molar-refractivity contribution in [1.82, 2.24) is 16.0 Å². The van der Waals surface area contributed by atoms with Crippen LogP contribution in [0.5, 0.6) is 0 Å². The van der Waals surface area contributed by atoms with Gasteiger partial charge in [0.1, 0.15) is 24.2 Å². The number of carbonyl (C=O) groups is 4. The minimum Gasteiger partial charge on any atom is -0.480 e. The zero-order chi connectivity index (χ0) is 36.7. The second kappa shape index (κ2) is 31.9. The molecule has 0 aromatic heterocycles. The van der Waals surface area contributed by atoms with Crippen LogP contribution in [0, 0.1) is 16.2 Å². The monoisotopic (exact) mass is 668 g/mol. The lowest BCUT2D eigenvalue weighted by atomic mass is 10.1. The molecule has 26 N–H and O–H groups in total. The minimum absolute atomic E-state index is 0.112. The summed E-state index contributed by atoms with van der Waals surface area (Å²) in [5.74, 6) is -4.28. The molecule has 0 bridgehead atoms. The summed E-state index contributed by atoms with van der Waals surface area (Å²) in [5, 5.41) is 61.5. The lowest BCUT2D eigenvalue weighted by Gasteiger charge is -2.06. The Morgan fingerprint density at radius 2 is 0.696 bits per heavy atom. The summed E-state index contributed by atoms with van der Waals surface area (Å²) in [6.07, 6.45) is 5.09. The van der Waals surface area contributed by atoms with Crippen LogP contribution >= 0.6 is 0 Å². The Kier molecular flexibility index (Phi) is 33.6. The van der Waals surface area contributed by atoms with Crippen molar-refractivity contribution < 1.29 is 39.6 Å². The molecule has 0 heterocycles. The molecule has 270 valence electrons. The van der Waals surface area contributed by atoms with Crippen molar-refractivity contribution in [3.05, 3.63) is 0 Å². The fraction of sp³-hybridized carbons (Fsp3) is 0.708. The second-order valence-electron chi connectivity index (χ2n) is 9.51. The molecule has 0 amide bonds. The maximum absolute atomic E-state index is 10.2. The fourth-order valence-corrected chi connectivity index (χ4v) is 2.64. The molecule has 0 aromatic carbocycles. The maximum Gasteiger partial charge on any atom is 0.320 e. The van der Waals surface area contributed by atoms with Gasteiger partial charge in [-0.2, -0.15) is 0 Å². The molecule has 0 unspecified atom stereocenters. The van der Waals surface area contributed by atoms with Crippen LogP contribution in [0.25, 0.3) is 0 Å². The molecule has 0 saturated heterocycles. The Morgan fingerprint density at radius 3 is 0.870 bits per heavy atom. The van der Waals surface area contributed by atoms with E-state index < -0.39 is 48.0 Å². The predicted molar refractivity (Wildman–Crippen MR) is 173 cm³/mol. The van der Waals surface area contributed by atoms with Gasteiger partial charge in [-0.1, -0.05) is 6.42 Å². The van der Waals surface area contributed by atoms with Crippen LogP contribution in [0.3, 0.4) is 0 Å². The van der Waals surface area contributed by atoms with E-state index in [0.717, 1.165) is 12.8 Å². The van der Waals surface area contributed by atoms with Crippen molar-refractivity contribution in [3.63, 3.8) is 0 Å². The van der Waals surface area contributed by atoms with Gasteiger partial charge in [-0.3, -0.25) is 35.4 Å². The summed E-state index contributed by atoms with van der Waals surface area (Å²) in [6, 6.07) is -3.18. The van der Waals surface area contributed by atoms with Gasteiger partial charge in [0.15, 0.2) is 17.9 Å². The molecule has 0 spiro atoms. The number of hydrogen-bond donors (Lipinski definition) is 18. The topological polar surface area (TPSA) is 465 Å². The van der Waals surface area contributed by atoms with Crippen LogP contribution in [0.2, 0.25) is 0 Å². The van der Waals surface area contributed by atoms with Crippen LogP contribution in [0.4, 0.5) is 0 Å². The van der Waals surface area contributed by atoms with Gasteiger partial charge in [-0.15, -0.1) is 0 Å². The smallest absolute Gasteiger partial charge is 0.320 e. The minimum atomic E-state index is -1.00. The number of rotatable bonds is 20. The molecule has 22 nitrogen and oxygen atoms in total. The molecule has 0 aliphatic rings. The Balaban J connectivity index is -0.000000256. The third kappa shape index (κ3) is 41.6. The van der Waals surface area contributed by atoms with E-state index in [0.29, 0.717) is 71.1 Å². The van der Waals surface area contributed by atoms with E-state index in [1.54, 1.807) is 0 Å². The molecule has 22 heteroatoms.